The van der Waals surface area contributed by atoms with Crippen LogP contribution in [0.2, 0.25) is 5.02 Å². The van der Waals surface area contributed by atoms with Crippen molar-refractivity contribution in [3.8, 4) is 11.1 Å². The Kier molecular flexibility index (Phi) is 5.05. The van der Waals surface area contributed by atoms with E-state index < -0.39 is 5.97 Å². The highest BCUT2D eigenvalue weighted by atomic mass is 35.5. The van der Waals surface area contributed by atoms with Gasteiger partial charge in [-0.1, -0.05) is 53.6 Å². The molecular formula is C26H20ClNO2S. The average molecular weight is 446 g/mol. The number of aliphatic carboxylic acids is 1. The quantitative estimate of drug-likeness (QED) is 0.312. The van der Waals surface area contributed by atoms with Gasteiger partial charge in [0.2, 0.25) is 0 Å². The first-order valence-electron chi connectivity index (χ1n) is 10.0. The molecule has 0 saturated carbocycles. The number of aryl methyl sites for hydroxylation is 1. The van der Waals surface area contributed by atoms with Crippen LogP contribution >= 0.6 is 22.9 Å². The van der Waals surface area contributed by atoms with Crippen molar-refractivity contribution in [3.05, 3.63) is 94.0 Å². The lowest BCUT2D eigenvalue weighted by atomic mass is 10.0. The number of carboxylic acids is 1. The maximum atomic E-state index is 11.5. The minimum atomic E-state index is -0.824. The molecule has 0 unspecified atom stereocenters. The van der Waals surface area contributed by atoms with Gasteiger partial charge in [-0.05, 0) is 64.2 Å². The molecule has 5 heteroatoms. The Morgan fingerprint density at radius 2 is 1.84 bits per heavy atom. The normalized spacial score (nSPS) is 11.4. The SMILES string of the molecule is Cc1cccc(-c2ccc3c(CC(=O)O)cn(Cc4csc5ccc(Cl)cc45)c3c2)c1. The Morgan fingerprint density at radius 3 is 2.65 bits per heavy atom. The number of carboxylic acid groups (broad SMARTS) is 1. The van der Waals surface area contributed by atoms with Crippen LogP contribution in [0.4, 0.5) is 0 Å². The molecule has 0 atom stereocenters. The Bertz CT molecular complexity index is 1450. The van der Waals surface area contributed by atoms with E-state index in [1.807, 2.05) is 30.5 Å². The van der Waals surface area contributed by atoms with E-state index in [-0.39, 0.29) is 6.42 Å². The van der Waals surface area contributed by atoms with Crippen LogP contribution in [0.5, 0.6) is 0 Å². The zero-order valence-electron chi connectivity index (χ0n) is 16.9. The first-order chi connectivity index (χ1) is 15.0. The van der Waals surface area contributed by atoms with E-state index in [0.717, 1.165) is 38.0 Å². The van der Waals surface area contributed by atoms with E-state index in [1.165, 1.54) is 15.8 Å². The van der Waals surface area contributed by atoms with Crippen LogP contribution in [0.3, 0.4) is 0 Å². The number of thiophene rings is 1. The number of carbonyl (C=O) groups is 1. The summed E-state index contributed by atoms with van der Waals surface area (Å²) in [5.74, 6) is -0.824. The number of benzene rings is 3. The Labute approximate surface area is 189 Å². The van der Waals surface area contributed by atoms with Crippen molar-refractivity contribution >= 4 is 49.9 Å². The number of halogens is 1. The van der Waals surface area contributed by atoms with Gasteiger partial charge in [0, 0.05) is 33.4 Å². The molecule has 5 rings (SSSR count). The fourth-order valence-electron chi connectivity index (χ4n) is 4.17. The summed E-state index contributed by atoms with van der Waals surface area (Å²) >= 11 is 7.94. The molecule has 0 bridgehead atoms. The zero-order valence-corrected chi connectivity index (χ0v) is 18.5. The summed E-state index contributed by atoms with van der Waals surface area (Å²) in [4.78, 5) is 11.5. The molecule has 0 aliphatic heterocycles. The summed E-state index contributed by atoms with van der Waals surface area (Å²) in [6.07, 6.45) is 1.98. The lowest BCUT2D eigenvalue weighted by molar-refractivity contribution is -0.136. The van der Waals surface area contributed by atoms with Crippen molar-refractivity contribution in [2.75, 3.05) is 0 Å². The second-order valence-corrected chi connectivity index (χ2v) is 9.20. The second kappa shape index (κ2) is 7.88. The molecule has 2 heterocycles. The van der Waals surface area contributed by atoms with Crippen LogP contribution in [-0.4, -0.2) is 15.6 Å². The monoisotopic (exact) mass is 445 g/mol. The maximum Gasteiger partial charge on any atom is 0.307 e. The summed E-state index contributed by atoms with van der Waals surface area (Å²) in [6, 6.07) is 20.7. The van der Waals surface area contributed by atoms with Gasteiger partial charge in [0.05, 0.1) is 6.42 Å². The molecule has 0 amide bonds. The Hall–Kier alpha value is -3.08. The first-order valence-corrected chi connectivity index (χ1v) is 11.3. The number of aromatic nitrogens is 1. The number of nitrogens with zero attached hydrogens (tertiary/aromatic N) is 1. The van der Waals surface area contributed by atoms with E-state index in [2.05, 4.69) is 53.3 Å². The van der Waals surface area contributed by atoms with Crippen molar-refractivity contribution < 1.29 is 9.90 Å². The van der Waals surface area contributed by atoms with E-state index in [1.54, 1.807) is 11.3 Å². The molecule has 3 aromatic carbocycles. The number of fused-ring (bicyclic) bond motifs is 2. The molecule has 0 spiro atoms. The summed E-state index contributed by atoms with van der Waals surface area (Å²) in [5.41, 5.74) is 6.54. The molecule has 0 saturated heterocycles. The van der Waals surface area contributed by atoms with Crippen LogP contribution in [-0.2, 0) is 17.8 Å². The number of hydrogen-bond acceptors (Lipinski definition) is 2. The summed E-state index contributed by atoms with van der Waals surface area (Å²) in [7, 11) is 0. The highest BCUT2D eigenvalue weighted by molar-refractivity contribution is 7.17. The van der Waals surface area contributed by atoms with Gasteiger partial charge in [-0.2, -0.15) is 0 Å². The molecule has 0 fully saturated rings. The van der Waals surface area contributed by atoms with Crippen molar-refractivity contribution in [2.45, 2.75) is 19.9 Å². The van der Waals surface area contributed by atoms with Crippen LogP contribution in [0, 0.1) is 6.92 Å². The molecule has 3 nitrogen and oxygen atoms in total. The molecule has 31 heavy (non-hydrogen) atoms. The van der Waals surface area contributed by atoms with Crippen molar-refractivity contribution in [2.24, 2.45) is 0 Å². The number of rotatable bonds is 5. The average Bonchev–Trinajstić information content (AvgIpc) is 3.29. The predicted octanol–water partition coefficient (Wildman–Crippen LogP) is 7.16. The van der Waals surface area contributed by atoms with E-state index in [4.69, 9.17) is 11.6 Å². The Morgan fingerprint density at radius 1 is 1.00 bits per heavy atom. The lowest BCUT2D eigenvalue weighted by Crippen LogP contribution is -2.00. The molecule has 0 aliphatic rings. The minimum Gasteiger partial charge on any atom is -0.481 e. The standard InChI is InChI=1S/C26H20ClNO2S/c1-16-3-2-4-17(9-16)18-5-7-22-19(11-26(29)30)13-28(24(22)10-18)14-20-15-31-25-8-6-21(27)12-23(20)25/h2-10,12-13,15H,11,14H2,1H3,(H,29,30). The van der Waals surface area contributed by atoms with E-state index >= 15 is 0 Å². The summed E-state index contributed by atoms with van der Waals surface area (Å²) in [5, 5.41) is 14.4. The summed E-state index contributed by atoms with van der Waals surface area (Å²) in [6.45, 7) is 2.75. The third-order valence-electron chi connectivity index (χ3n) is 5.61. The van der Waals surface area contributed by atoms with Crippen LogP contribution in [0.1, 0.15) is 16.7 Å². The van der Waals surface area contributed by atoms with Crippen molar-refractivity contribution in [3.63, 3.8) is 0 Å². The molecular weight excluding hydrogens is 426 g/mol. The zero-order chi connectivity index (χ0) is 21.5. The van der Waals surface area contributed by atoms with Crippen LogP contribution < -0.4 is 0 Å². The van der Waals surface area contributed by atoms with Crippen molar-refractivity contribution in [1.82, 2.24) is 4.57 Å². The highest BCUT2D eigenvalue weighted by Crippen LogP contribution is 2.32. The lowest BCUT2D eigenvalue weighted by Gasteiger charge is -2.08. The van der Waals surface area contributed by atoms with Crippen LogP contribution in [0.25, 0.3) is 32.1 Å². The fourth-order valence-corrected chi connectivity index (χ4v) is 5.27. The van der Waals surface area contributed by atoms with E-state index in [9.17, 15) is 9.90 Å². The second-order valence-electron chi connectivity index (χ2n) is 7.86. The largest absolute Gasteiger partial charge is 0.481 e. The molecule has 154 valence electrons. The van der Waals surface area contributed by atoms with Crippen molar-refractivity contribution in [1.29, 1.82) is 0 Å². The fraction of sp³-hybridized carbons (Fsp3) is 0.115. The van der Waals surface area contributed by atoms with Gasteiger partial charge < -0.3 is 9.67 Å². The topological polar surface area (TPSA) is 42.2 Å². The number of hydrogen-bond donors (Lipinski definition) is 1. The summed E-state index contributed by atoms with van der Waals surface area (Å²) < 4.78 is 3.36. The van der Waals surface area contributed by atoms with Gasteiger partial charge in [0.15, 0.2) is 0 Å². The molecule has 2 aromatic heterocycles. The molecule has 0 radical (unpaired) electrons. The van der Waals surface area contributed by atoms with E-state index in [0.29, 0.717) is 6.54 Å². The Balaban J connectivity index is 1.65. The predicted molar refractivity (Wildman–Crippen MR) is 129 cm³/mol. The van der Waals surface area contributed by atoms with Gasteiger partial charge in [-0.25, -0.2) is 0 Å². The third-order valence-corrected chi connectivity index (χ3v) is 6.86. The third kappa shape index (κ3) is 3.85. The van der Waals surface area contributed by atoms with Gasteiger partial charge in [-0.3, -0.25) is 4.79 Å². The minimum absolute atomic E-state index is 0.00348. The van der Waals surface area contributed by atoms with Gasteiger partial charge in [-0.15, -0.1) is 11.3 Å². The van der Waals surface area contributed by atoms with Crippen LogP contribution in [0.15, 0.2) is 72.2 Å². The van der Waals surface area contributed by atoms with Gasteiger partial charge in [0.25, 0.3) is 0 Å². The molecule has 1 N–H and O–H groups in total. The molecule has 0 aliphatic carbocycles. The highest BCUT2D eigenvalue weighted by Gasteiger charge is 2.14. The van der Waals surface area contributed by atoms with Gasteiger partial charge >= 0.3 is 5.97 Å². The smallest absolute Gasteiger partial charge is 0.307 e. The molecule has 5 aromatic rings. The first kappa shape index (κ1) is 19.9. The maximum absolute atomic E-state index is 11.5. The van der Waals surface area contributed by atoms with Gasteiger partial charge in [0.1, 0.15) is 0 Å².